The fourth-order valence-corrected chi connectivity index (χ4v) is 2.63. The van der Waals surface area contributed by atoms with E-state index in [-0.39, 0.29) is 17.8 Å². The molecule has 29 heavy (non-hydrogen) atoms. The van der Waals surface area contributed by atoms with Crippen molar-refractivity contribution in [2.45, 2.75) is 19.8 Å². The lowest BCUT2D eigenvalue weighted by Gasteiger charge is -2.08. The van der Waals surface area contributed by atoms with Gasteiger partial charge in [-0.15, -0.1) is 0 Å². The van der Waals surface area contributed by atoms with Gasteiger partial charge in [-0.25, -0.2) is 19.6 Å². The summed E-state index contributed by atoms with van der Waals surface area (Å²) >= 11 is 0. The molecule has 0 aliphatic rings. The van der Waals surface area contributed by atoms with Gasteiger partial charge in [0, 0.05) is 10.8 Å². The Labute approximate surface area is 168 Å². The zero-order chi connectivity index (χ0) is 21.4. The maximum Gasteiger partial charge on any atom is 0.353 e. The average molecular weight is 398 g/mol. The van der Waals surface area contributed by atoms with E-state index < -0.39 is 17.9 Å². The molecule has 0 spiro atoms. The molecule has 0 unspecified atom stereocenters. The van der Waals surface area contributed by atoms with Crippen LogP contribution < -0.4 is 0 Å². The summed E-state index contributed by atoms with van der Waals surface area (Å²) in [7, 11) is 3.75. The van der Waals surface area contributed by atoms with Crippen molar-refractivity contribution in [3.63, 3.8) is 0 Å². The van der Waals surface area contributed by atoms with Crippen LogP contribution >= 0.6 is 0 Å². The number of ether oxygens (including phenoxy) is 3. The van der Waals surface area contributed by atoms with Gasteiger partial charge in [0.15, 0.2) is 0 Å². The Bertz CT molecular complexity index is 994. The number of hydrogen-bond donors (Lipinski definition) is 0. The molecule has 8 nitrogen and oxygen atoms in total. The van der Waals surface area contributed by atoms with Gasteiger partial charge in [-0.1, -0.05) is 31.2 Å². The third-order valence-corrected chi connectivity index (χ3v) is 4.10. The average Bonchev–Trinajstić information content (AvgIpc) is 2.75. The quantitative estimate of drug-likeness (QED) is 0.403. The van der Waals surface area contributed by atoms with Gasteiger partial charge >= 0.3 is 17.9 Å². The Morgan fingerprint density at radius 3 is 1.69 bits per heavy atom. The van der Waals surface area contributed by atoms with Crippen LogP contribution in [0.3, 0.4) is 0 Å². The smallest absolute Gasteiger partial charge is 0.353 e. The number of aliphatic imine (C=N–C) groups is 2. The second-order valence-electron chi connectivity index (χ2n) is 5.86. The van der Waals surface area contributed by atoms with Crippen molar-refractivity contribution < 1.29 is 28.6 Å². The van der Waals surface area contributed by atoms with E-state index in [0.717, 1.165) is 5.39 Å². The lowest BCUT2D eigenvalue weighted by Crippen LogP contribution is -2.20. The molecular formula is C21H22N2O6. The highest BCUT2D eigenvalue weighted by molar-refractivity contribution is 6.40. The fourth-order valence-electron chi connectivity index (χ4n) is 2.63. The Kier molecular flexibility index (Phi) is 7.59. The van der Waals surface area contributed by atoms with E-state index in [9.17, 15) is 14.4 Å². The molecular weight excluding hydrogens is 376 g/mol. The zero-order valence-corrected chi connectivity index (χ0v) is 16.7. The predicted octanol–water partition coefficient (Wildman–Crippen LogP) is 3.30. The maximum atomic E-state index is 12.0. The highest BCUT2D eigenvalue weighted by Crippen LogP contribution is 2.33. The first kappa shape index (κ1) is 21.7. The summed E-state index contributed by atoms with van der Waals surface area (Å²) in [6.45, 7) is 1.81. The number of hydrogen-bond acceptors (Lipinski definition) is 8. The van der Waals surface area contributed by atoms with E-state index in [1.165, 1.54) is 21.3 Å². The molecule has 152 valence electrons. The second kappa shape index (κ2) is 10.1. The van der Waals surface area contributed by atoms with Crippen molar-refractivity contribution in [1.82, 2.24) is 0 Å². The van der Waals surface area contributed by atoms with Crippen LogP contribution in [0.5, 0.6) is 0 Å². The van der Waals surface area contributed by atoms with Crippen molar-refractivity contribution in [2.24, 2.45) is 9.98 Å². The van der Waals surface area contributed by atoms with Crippen LogP contribution in [-0.4, -0.2) is 50.7 Å². The maximum absolute atomic E-state index is 12.0. The van der Waals surface area contributed by atoms with Crippen LogP contribution in [-0.2, 0) is 28.6 Å². The number of nitrogens with zero attached hydrogens (tertiary/aromatic N) is 2. The summed E-state index contributed by atoms with van der Waals surface area (Å²) in [6, 6.07) is 10.6. The van der Waals surface area contributed by atoms with E-state index in [1.54, 1.807) is 24.3 Å². The number of carbonyl (C=O) groups excluding carboxylic acids is 3. The third-order valence-electron chi connectivity index (χ3n) is 4.10. The van der Waals surface area contributed by atoms with Gasteiger partial charge in [0.1, 0.15) is 11.4 Å². The molecule has 0 radical (unpaired) electrons. The van der Waals surface area contributed by atoms with Crippen LogP contribution in [0.4, 0.5) is 11.4 Å². The van der Waals surface area contributed by atoms with Crippen LogP contribution in [0.1, 0.15) is 19.8 Å². The van der Waals surface area contributed by atoms with Crippen LogP contribution in [0.2, 0.25) is 0 Å². The normalized spacial score (nSPS) is 11.9. The van der Waals surface area contributed by atoms with Crippen molar-refractivity contribution in [3.8, 4) is 0 Å². The van der Waals surface area contributed by atoms with Crippen molar-refractivity contribution in [2.75, 3.05) is 21.3 Å². The first-order valence-corrected chi connectivity index (χ1v) is 8.85. The Morgan fingerprint density at radius 1 is 0.759 bits per heavy atom. The van der Waals surface area contributed by atoms with Gasteiger partial charge in [-0.05, 0) is 18.6 Å². The summed E-state index contributed by atoms with van der Waals surface area (Å²) in [6.07, 6.45) is 0.0895. The molecule has 0 heterocycles. The van der Waals surface area contributed by atoms with Gasteiger partial charge in [-0.2, -0.15) is 0 Å². The van der Waals surface area contributed by atoms with E-state index in [4.69, 9.17) is 9.47 Å². The Morgan fingerprint density at radius 2 is 1.24 bits per heavy atom. The molecule has 2 aromatic rings. The zero-order valence-electron chi connectivity index (χ0n) is 16.7. The summed E-state index contributed by atoms with van der Waals surface area (Å²) < 4.78 is 14.1. The highest BCUT2D eigenvalue weighted by Gasteiger charge is 2.18. The Balaban J connectivity index is 2.62. The van der Waals surface area contributed by atoms with Crippen molar-refractivity contribution in [1.29, 1.82) is 0 Å². The molecule has 0 aliphatic heterocycles. The number of benzene rings is 2. The molecule has 0 saturated heterocycles. The molecule has 2 aromatic carbocycles. The van der Waals surface area contributed by atoms with Crippen molar-refractivity contribution >= 4 is 51.5 Å². The topological polar surface area (TPSA) is 104 Å². The minimum atomic E-state index is -0.722. The van der Waals surface area contributed by atoms with E-state index in [0.29, 0.717) is 23.2 Å². The first-order valence-electron chi connectivity index (χ1n) is 8.85. The first-order chi connectivity index (χ1) is 13.9. The van der Waals surface area contributed by atoms with E-state index in [2.05, 4.69) is 14.7 Å². The molecule has 8 heteroatoms. The SMILES string of the molecule is CCC(=Nc1cccc2c(N=C(CC(=O)OC)C(=O)OC)cccc12)C(=O)OC. The molecule has 0 saturated carbocycles. The molecule has 0 aromatic heterocycles. The largest absolute Gasteiger partial charge is 0.469 e. The minimum absolute atomic E-state index is 0.0791. The number of carbonyl (C=O) groups is 3. The Hall–Kier alpha value is -3.55. The lowest BCUT2D eigenvalue weighted by atomic mass is 10.1. The van der Waals surface area contributed by atoms with Gasteiger partial charge in [0.05, 0.1) is 39.1 Å². The van der Waals surface area contributed by atoms with Crippen molar-refractivity contribution in [3.05, 3.63) is 36.4 Å². The molecule has 0 fully saturated rings. The third kappa shape index (κ3) is 5.25. The monoisotopic (exact) mass is 398 g/mol. The molecule has 0 bridgehead atoms. The van der Waals surface area contributed by atoms with E-state index >= 15 is 0 Å². The molecule has 0 atom stereocenters. The number of methoxy groups -OCH3 is 3. The molecule has 2 rings (SSSR count). The number of fused-ring (bicyclic) bond motifs is 1. The fraction of sp³-hybridized carbons (Fsp3) is 0.286. The molecule has 0 aliphatic carbocycles. The standard InChI is InChI=1S/C21H22N2O6/c1-5-15(20(25)28-3)22-16-10-6-9-14-13(16)8-7-11-17(14)23-18(21(26)29-4)12-19(24)27-2/h6-11H,5,12H2,1-4H3. The van der Waals surface area contributed by atoms with E-state index in [1.807, 2.05) is 19.1 Å². The van der Waals surface area contributed by atoms with Gasteiger partial charge < -0.3 is 14.2 Å². The summed E-state index contributed by atoms with van der Waals surface area (Å²) in [5.41, 5.74) is 1.23. The number of esters is 3. The van der Waals surface area contributed by atoms with Crippen LogP contribution in [0.15, 0.2) is 46.4 Å². The summed E-state index contributed by atoms with van der Waals surface area (Å²) in [5.74, 6) is -1.82. The predicted molar refractivity (Wildman–Crippen MR) is 109 cm³/mol. The summed E-state index contributed by atoms with van der Waals surface area (Å²) in [4.78, 5) is 44.3. The number of rotatable bonds is 7. The second-order valence-corrected chi connectivity index (χ2v) is 5.86. The van der Waals surface area contributed by atoms with Gasteiger partial charge in [-0.3, -0.25) is 4.79 Å². The highest BCUT2D eigenvalue weighted by atomic mass is 16.5. The van der Waals surface area contributed by atoms with Crippen LogP contribution in [0.25, 0.3) is 10.8 Å². The van der Waals surface area contributed by atoms with Crippen LogP contribution in [0, 0.1) is 0 Å². The summed E-state index contributed by atoms with van der Waals surface area (Å²) in [5, 5.41) is 1.42. The molecule has 0 N–H and O–H groups in total. The van der Waals surface area contributed by atoms with Gasteiger partial charge in [0.2, 0.25) is 0 Å². The molecule has 0 amide bonds. The minimum Gasteiger partial charge on any atom is -0.469 e. The van der Waals surface area contributed by atoms with Gasteiger partial charge in [0.25, 0.3) is 0 Å². The lowest BCUT2D eigenvalue weighted by molar-refractivity contribution is -0.140.